The maximum Gasteiger partial charge on any atom is 0.153 e. The lowest BCUT2D eigenvalue weighted by Crippen LogP contribution is -2.10. The Morgan fingerprint density at radius 3 is 1.74 bits per heavy atom. The number of anilines is 1. The van der Waals surface area contributed by atoms with Crippen LogP contribution in [0.1, 0.15) is 77.0 Å². The fraction of sp³-hybridized carbons (Fsp3) is 0.375. The third kappa shape index (κ3) is 7.66. The SMILES string of the molecule is CCCCOc1c(C#N)c(C#N)c(OCCCC)c(Sc2ccccc2N)c1Sc1ccc(C(C)(C)C)cc1. The maximum atomic E-state index is 10.3. The van der Waals surface area contributed by atoms with E-state index in [4.69, 9.17) is 15.2 Å². The van der Waals surface area contributed by atoms with Gasteiger partial charge in [-0.15, -0.1) is 0 Å². The standard InChI is InChI=1S/C32H37N3O2S2/c1-6-8-18-36-28-24(20-33)25(21-34)29(37-19-9-7-2)31(39-27-13-11-10-12-26(27)35)30(28)38-23-16-14-22(15-17-23)32(3,4)5/h10-17H,6-9,18-19,35H2,1-5H3. The van der Waals surface area contributed by atoms with E-state index in [1.807, 2.05) is 24.3 Å². The van der Waals surface area contributed by atoms with Crippen LogP contribution in [0, 0.1) is 22.7 Å². The molecule has 0 bridgehead atoms. The quantitative estimate of drug-likeness (QED) is 0.175. The number of rotatable bonds is 12. The van der Waals surface area contributed by atoms with Crippen molar-refractivity contribution in [3.63, 3.8) is 0 Å². The van der Waals surface area contributed by atoms with E-state index in [1.54, 1.807) is 0 Å². The normalized spacial score (nSPS) is 11.1. The summed E-state index contributed by atoms with van der Waals surface area (Å²) in [6.45, 7) is 11.6. The number of hydrogen-bond acceptors (Lipinski definition) is 7. The first-order valence-electron chi connectivity index (χ1n) is 13.4. The van der Waals surface area contributed by atoms with Crippen LogP contribution in [0.3, 0.4) is 0 Å². The number of nitrogen functional groups attached to an aromatic ring is 1. The number of hydrogen-bond donors (Lipinski definition) is 1. The third-order valence-corrected chi connectivity index (χ3v) is 8.52. The van der Waals surface area contributed by atoms with Crippen molar-refractivity contribution < 1.29 is 9.47 Å². The van der Waals surface area contributed by atoms with Gasteiger partial charge in [-0.1, -0.05) is 95.2 Å². The summed E-state index contributed by atoms with van der Waals surface area (Å²) in [6.07, 6.45) is 3.56. The van der Waals surface area contributed by atoms with Gasteiger partial charge in [-0.2, -0.15) is 10.5 Å². The molecule has 0 aliphatic carbocycles. The van der Waals surface area contributed by atoms with E-state index in [-0.39, 0.29) is 16.5 Å². The molecule has 0 aliphatic heterocycles. The molecule has 0 heterocycles. The molecule has 0 aliphatic rings. The fourth-order valence-electron chi connectivity index (χ4n) is 3.80. The van der Waals surface area contributed by atoms with Gasteiger partial charge in [-0.05, 0) is 48.1 Å². The largest absolute Gasteiger partial charge is 0.491 e. The Morgan fingerprint density at radius 1 is 0.769 bits per heavy atom. The van der Waals surface area contributed by atoms with E-state index in [2.05, 4.69) is 71.0 Å². The summed E-state index contributed by atoms with van der Waals surface area (Å²) in [5.74, 6) is 0.833. The Labute approximate surface area is 241 Å². The summed E-state index contributed by atoms with van der Waals surface area (Å²) >= 11 is 2.96. The molecule has 204 valence electrons. The smallest absolute Gasteiger partial charge is 0.153 e. The minimum Gasteiger partial charge on any atom is -0.491 e. The molecule has 0 aromatic heterocycles. The lowest BCUT2D eigenvalue weighted by atomic mass is 9.87. The van der Waals surface area contributed by atoms with Crippen LogP contribution in [0.4, 0.5) is 5.69 Å². The van der Waals surface area contributed by atoms with Gasteiger partial charge in [0.15, 0.2) is 11.5 Å². The Balaban J connectivity index is 2.29. The predicted molar refractivity (Wildman–Crippen MR) is 161 cm³/mol. The van der Waals surface area contributed by atoms with Crippen LogP contribution in [-0.4, -0.2) is 13.2 Å². The number of benzene rings is 3. The lowest BCUT2D eigenvalue weighted by molar-refractivity contribution is 0.286. The Morgan fingerprint density at radius 2 is 1.28 bits per heavy atom. The van der Waals surface area contributed by atoms with Gasteiger partial charge in [-0.3, -0.25) is 0 Å². The number of nitriles is 2. The molecule has 0 saturated carbocycles. The molecule has 7 heteroatoms. The minimum atomic E-state index is 0.0339. The van der Waals surface area contributed by atoms with Crippen LogP contribution in [0.15, 0.2) is 68.1 Å². The molecule has 5 nitrogen and oxygen atoms in total. The molecule has 0 saturated heterocycles. The van der Waals surface area contributed by atoms with Gasteiger partial charge < -0.3 is 15.2 Å². The Kier molecular flexibility index (Phi) is 11.0. The topological polar surface area (TPSA) is 92.1 Å². The zero-order valence-electron chi connectivity index (χ0n) is 23.5. The Bertz CT molecular complexity index is 1350. The number of para-hydroxylation sites is 1. The summed E-state index contributed by atoms with van der Waals surface area (Å²) in [5.41, 5.74) is 8.65. The number of nitrogens with zero attached hydrogens (tertiary/aromatic N) is 2. The van der Waals surface area contributed by atoms with Crippen molar-refractivity contribution in [1.29, 1.82) is 10.5 Å². The van der Waals surface area contributed by atoms with E-state index in [9.17, 15) is 10.5 Å². The highest BCUT2D eigenvalue weighted by Gasteiger charge is 2.29. The second kappa shape index (κ2) is 14.2. The molecule has 3 aromatic carbocycles. The van der Waals surface area contributed by atoms with Gasteiger partial charge in [0.05, 0.1) is 23.0 Å². The molecule has 0 radical (unpaired) electrons. The first-order chi connectivity index (χ1) is 18.7. The second-order valence-electron chi connectivity index (χ2n) is 10.2. The van der Waals surface area contributed by atoms with Gasteiger partial charge in [0.1, 0.15) is 23.3 Å². The van der Waals surface area contributed by atoms with Gasteiger partial charge in [0.2, 0.25) is 0 Å². The second-order valence-corrected chi connectivity index (χ2v) is 12.3. The number of unbranched alkanes of at least 4 members (excludes halogenated alkanes) is 2. The van der Waals surface area contributed by atoms with Crippen molar-refractivity contribution in [3.05, 3.63) is 65.2 Å². The maximum absolute atomic E-state index is 10.3. The molecule has 39 heavy (non-hydrogen) atoms. The van der Waals surface area contributed by atoms with Crippen molar-refractivity contribution in [3.8, 4) is 23.6 Å². The first kappa shape index (κ1) is 30.3. The van der Waals surface area contributed by atoms with E-state index in [0.717, 1.165) is 45.3 Å². The lowest BCUT2D eigenvalue weighted by Gasteiger charge is -2.22. The van der Waals surface area contributed by atoms with Crippen LogP contribution < -0.4 is 15.2 Å². The van der Waals surface area contributed by atoms with Crippen LogP contribution >= 0.6 is 23.5 Å². The van der Waals surface area contributed by atoms with E-state index >= 15 is 0 Å². The molecule has 0 unspecified atom stereocenters. The summed E-state index contributed by atoms with van der Waals surface area (Å²) in [6, 6.07) is 20.6. The van der Waals surface area contributed by atoms with Crippen molar-refractivity contribution in [2.45, 2.75) is 85.3 Å². The molecule has 3 rings (SSSR count). The first-order valence-corrected chi connectivity index (χ1v) is 15.0. The van der Waals surface area contributed by atoms with Crippen molar-refractivity contribution in [2.24, 2.45) is 0 Å². The fourth-order valence-corrected chi connectivity index (χ4v) is 5.98. The summed E-state index contributed by atoms with van der Waals surface area (Å²) in [4.78, 5) is 3.33. The zero-order valence-corrected chi connectivity index (χ0v) is 25.1. The van der Waals surface area contributed by atoms with Crippen molar-refractivity contribution >= 4 is 29.2 Å². The molecule has 0 atom stereocenters. The zero-order chi connectivity index (χ0) is 28.4. The number of ether oxygens (including phenoxy) is 2. The van der Waals surface area contributed by atoms with E-state index in [0.29, 0.717) is 30.4 Å². The van der Waals surface area contributed by atoms with E-state index < -0.39 is 0 Å². The van der Waals surface area contributed by atoms with Crippen LogP contribution in [0.2, 0.25) is 0 Å². The summed E-state index contributed by atoms with van der Waals surface area (Å²) in [7, 11) is 0. The monoisotopic (exact) mass is 559 g/mol. The summed E-state index contributed by atoms with van der Waals surface area (Å²) < 4.78 is 12.6. The Hall–Kier alpha value is -3.26. The van der Waals surface area contributed by atoms with Gasteiger partial charge in [0, 0.05) is 15.5 Å². The molecule has 0 amide bonds. The molecule has 0 fully saturated rings. The summed E-state index contributed by atoms with van der Waals surface area (Å²) in [5, 5.41) is 20.5. The highest BCUT2D eigenvalue weighted by Crippen LogP contribution is 2.53. The average molecular weight is 560 g/mol. The molecule has 3 aromatic rings. The highest BCUT2D eigenvalue weighted by atomic mass is 32.2. The van der Waals surface area contributed by atoms with Gasteiger partial charge in [0.25, 0.3) is 0 Å². The minimum absolute atomic E-state index is 0.0339. The molecule has 0 spiro atoms. The average Bonchev–Trinajstić information content (AvgIpc) is 2.91. The molecular formula is C32H37N3O2S2. The van der Waals surface area contributed by atoms with Crippen LogP contribution in [0.5, 0.6) is 11.5 Å². The van der Waals surface area contributed by atoms with Crippen LogP contribution in [-0.2, 0) is 5.41 Å². The van der Waals surface area contributed by atoms with Gasteiger partial charge >= 0.3 is 0 Å². The number of nitrogens with two attached hydrogens (primary N) is 1. The van der Waals surface area contributed by atoms with Crippen LogP contribution in [0.25, 0.3) is 0 Å². The van der Waals surface area contributed by atoms with E-state index in [1.165, 1.54) is 29.1 Å². The molecular weight excluding hydrogens is 523 g/mol. The predicted octanol–water partition coefficient (Wildman–Crippen LogP) is 8.97. The van der Waals surface area contributed by atoms with Crippen molar-refractivity contribution in [1.82, 2.24) is 0 Å². The van der Waals surface area contributed by atoms with Crippen molar-refractivity contribution in [2.75, 3.05) is 18.9 Å². The third-order valence-electron chi connectivity index (χ3n) is 6.11. The van der Waals surface area contributed by atoms with Gasteiger partial charge in [-0.25, -0.2) is 0 Å². The molecule has 2 N–H and O–H groups in total. The highest BCUT2D eigenvalue weighted by molar-refractivity contribution is 8.02.